The SMILES string of the molecule is COc1cc(C)cc(CO)c1-c1nc(N(C2CCCCC2)C2CCCCC2)sc1C=O. The molecule has 0 radical (unpaired) electrons. The summed E-state index contributed by atoms with van der Waals surface area (Å²) in [7, 11) is 1.63. The van der Waals surface area contributed by atoms with Gasteiger partial charge in [-0.2, -0.15) is 0 Å². The van der Waals surface area contributed by atoms with Gasteiger partial charge in [0.15, 0.2) is 11.4 Å². The number of hydrogen-bond donors (Lipinski definition) is 1. The summed E-state index contributed by atoms with van der Waals surface area (Å²) in [6.45, 7) is 1.86. The minimum Gasteiger partial charge on any atom is -0.496 e. The second-order valence-electron chi connectivity index (χ2n) is 8.98. The van der Waals surface area contributed by atoms with Crippen LogP contribution < -0.4 is 9.64 Å². The maximum atomic E-state index is 12.1. The quantitative estimate of drug-likeness (QED) is 0.541. The second-order valence-corrected chi connectivity index (χ2v) is 9.99. The lowest BCUT2D eigenvalue weighted by molar-refractivity contribution is 0.112. The van der Waals surface area contributed by atoms with Crippen LogP contribution in [0.3, 0.4) is 0 Å². The van der Waals surface area contributed by atoms with Crippen LogP contribution in [0.25, 0.3) is 11.3 Å². The number of hydrogen-bond acceptors (Lipinski definition) is 6. The van der Waals surface area contributed by atoms with E-state index in [1.807, 2.05) is 19.1 Å². The van der Waals surface area contributed by atoms with Crippen molar-refractivity contribution < 1.29 is 14.6 Å². The third kappa shape index (κ3) is 4.65. The molecule has 168 valence electrons. The summed E-state index contributed by atoms with van der Waals surface area (Å²) in [4.78, 5) is 20.4. The standard InChI is InChI=1S/C25H34N2O3S/c1-17-13-18(15-28)23(21(14-17)30-2)24-22(16-29)31-25(26-24)27(19-9-5-3-6-10-19)20-11-7-4-8-12-20/h13-14,16,19-20,28H,3-12,15H2,1-2H3. The first-order chi connectivity index (χ1) is 15.2. The van der Waals surface area contributed by atoms with E-state index < -0.39 is 0 Å². The maximum absolute atomic E-state index is 12.1. The highest BCUT2D eigenvalue weighted by atomic mass is 32.1. The lowest BCUT2D eigenvalue weighted by Crippen LogP contribution is -2.45. The van der Waals surface area contributed by atoms with Crippen LogP contribution >= 0.6 is 11.3 Å². The number of nitrogens with zero attached hydrogens (tertiary/aromatic N) is 2. The van der Waals surface area contributed by atoms with E-state index in [0.717, 1.165) is 28.1 Å². The third-order valence-corrected chi connectivity index (χ3v) is 7.86. The molecule has 31 heavy (non-hydrogen) atoms. The molecule has 2 aromatic rings. The highest BCUT2D eigenvalue weighted by Gasteiger charge is 2.32. The van der Waals surface area contributed by atoms with Crippen molar-refractivity contribution in [2.45, 2.75) is 89.8 Å². The number of aldehydes is 1. The van der Waals surface area contributed by atoms with Gasteiger partial charge in [0, 0.05) is 17.6 Å². The zero-order valence-electron chi connectivity index (χ0n) is 18.7. The molecule has 0 spiro atoms. The third-order valence-electron chi connectivity index (χ3n) is 6.86. The van der Waals surface area contributed by atoms with Gasteiger partial charge < -0.3 is 14.7 Å². The van der Waals surface area contributed by atoms with E-state index in [2.05, 4.69) is 4.90 Å². The van der Waals surface area contributed by atoms with Crippen LogP contribution in [0.1, 0.15) is 85.0 Å². The van der Waals surface area contributed by atoms with Crippen molar-refractivity contribution in [1.82, 2.24) is 4.98 Å². The average molecular weight is 443 g/mol. The van der Waals surface area contributed by atoms with Gasteiger partial charge >= 0.3 is 0 Å². The van der Waals surface area contributed by atoms with Crippen LogP contribution in [-0.2, 0) is 6.61 Å². The van der Waals surface area contributed by atoms with Gasteiger partial charge in [-0.25, -0.2) is 4.98 Å². The van der Waals surface area contributed by atoms with E-state index in [0.29, 0.717) is 28.4 Å². The summed E-state index contributed by atoms with van der Waals surface area (Å²) in [5.74, 6) is 0.658. The Morgan fingerprint density at radius 1 is 1.10 bits per heavy atom. The predicted molar refractivity (Wildman–Crippen MR) is 126 cm³/mol. The summed E-state index contributed by atoms with van der Waals surface area (Å²) in [5, 5.41) is 11.0. The molecule has 2 fully saturated rings. The van der Waals surface area contributed by atoms with Crippen molar-refractivity contribution in [2.75, 3.05) is 12.0 Å². The summed E-state index contributed by atoms with van der Waals surface area (Å²) in [5.41, 5.74) is 3.15. The molecule has 0 atom stereocenters. The Kier molecular flexibility index (Phi) is 7.28. The number of benzene rings is 1. The van der Waals surface area contributed by atoms with Crippen LogP contribution in [0.2, 0.25) is 0 Å². The molecule has 1 N–H and O–H groups in total. The van der Waals surface area contributed by atoms with Crippen LogP contribution in [-0.4, -0.2) is 35.6 Å². The first-order valence-electron chi connectivity index (χ1n) is 11.7. The predicted octanol–water partition coefficient (Wildman–Crippen LogP) is 5.90. The van der Waals surface area contributed by atoms with Crippen LogP contribution in [0.15, 0.2) is 12.1 Å². The van der Waals surface area contributed by atoms with Gasteiger partial charge in [0.1, 0.15) is 5.75 Å². The lowest BCUT2D eigenvalue weighted by Gasteiger charge is -2.41. The Hall–Kier alpha value is -1.92. The second kappa shape index (κ2) is 10.1. The van der Waals surface area contributed by atoms with E-state index in [-0.39, 0.29) is 6.61 Å². The van der Waals surface area contributed by atoms with Crippen molar-refractivity contribution in [2.24, 2.45) is 0 Å². The topological polar surface area (TPSA) is 62.7 Å². The van der Waals surface area contributed by atoms with Crippen molar-refractivity contribution in [3.8, 4) is 17.0 Å². The molecular formula is C25H34N2O3S. The van der Waals surface area contributed by atoms with E-state index in [1.165, 1.54) is 75.5 Å². The Labute approximate surface area is 189 Å². The summed E-state index contributed by atoms with van der Waals surface area (Å²) < 4.78 is 5.65. The first kappa shape index (κ1) is 22.3. The fraction of sp³-hybridized carbons (Fsp3) is 0.600. The van der Waals surface area contributed by atoms with Crippen LogP contribution in [0.4, 0.5) is 5.13 Å². The molecule has 1 heterocycles. The van der Waals surface area contributed by atoms with Gasteiger partial charge in [-0.15, -0.1) is 0 Å². The van der Waals surface area contributed by atoms with Gasteiger partial charge in [0.2, 0.25) is 0 Å². The first-order valence-corrected chi connectivity index (χ1v) is 12.5. The largest absolute Gasteiger partial charge is 0.496 e. The number of thiazole rings is 1. The van der Waals surface area contributed by atoms with Crippen LogP contribution in [0, 0.1) is 6.92 Å². The number of aliphatic hydroxyl groups is 1. The van der Waals surface area contributed by atoms with Gasteiger partial charge in [-0.05, 0) is 49.8 Å². The molecule has 5 nitrogen and oxygen atoms in total. The van der Waals surface area contributed by atoms with Crippen molar-refractivity contribution >= 4 is 22.8 Å². The average Bonchev–Trinajstić information content (AvgIpc) is 3.23. The fourth-order valence-electron chi connectivity index (χ4n) is 5.40. The highest BCUT2D eigenvalue weighted by Crippen LogP contribution is 2.42. The fourth-order valence-corrected chi connectivity index (χ4v) is 6.43. The zero-order valence-corrected chi connectivity index (χ0v) is 19.5. The van der Waals surface area contributed by atoms with Gasteiger partial charge in [-0.1, -0.05) is 55.9 Å². The zero-order chi connectivity index (χ0) is 21.8. The lowest BCUT2D eigenvalue weighted by atomic mass is 9.89. The summed E-state index contributed by atoms with van der Waals surface area (Å²) in [6.07, 6.45) is 13.5. The Bertz CT molecular complexity index is 855. The number of carbonyl (C=O) groups is 1. The van der Waals surface area contributed by atoms with Crippen molar-refractivity contribution in [3.63, 3.8) is 0 Å². The number of ether oxygens (including phenoxy) is 1. The Morgan fingerprint density at radius 2 is 1.71 bits per heavy atom. The minimum atomic E-state index is -0.118. The smallest absolute Gasteiger partial charge is 0.187 e. The molecule has 0 bridgehead atoms. The molecule has 0 saturated heterocycles. The molecule has 1 aromatic carbocycles. The molecule has 6 heteroatoms. The van der Waals surface area contributed by atoms with E-state index in [4.69, 9.17) is 9.72 Å². The highest BCUT2D eigenvalue weighted by molar-refractivity contribution is 7.17. The van der Waals surface area contributed by atoms with Gasteiger partial charge in [0.25, 0.3) is 0 Å². The molecule has 2 saturated carbocycles. The van der Waals surface area contributed by atoms with Crippen molar-refractivity contribution in [1.29, 1.82) is 0 Å². The molecule has 0 unspecified atom stereocenters. The molecule has 1 aromatic heterocycles. The number of aromatic nitrogens is 1. The molecule has 0 amide bonds. The van der Waals surface area contributed by atoms with E-state index in [1.54, 1.807) is 7.11 Å². The van der Waals surface area contributed by atoms with Crippen molar-refractivity contribution in [3.05, 3.63) is 28.1 Å². The van der Waals surface area contributed by atoms with Crippen LogP contribution in [0.5, 0.6) is 5.75 Å². The number of methoxy groups -OCH3 is 1. The normalized spacial score (nSPS) is 18.2. The number of anilines is 1. The molecular weight excluding hydrogens is 408 g/mol. The molecule has 0 aliphatic heterocycles. The Balaban J connectivity index is 1.80. The summed E-state index contributed by atoms with van der Waals surface area (Å²) in [6, 6.07) is 4.91. The van der Waals surface area contributed by atoms with E-state index >= 15 is 0 Å². The monoisotopic (exact) mass is 442 g/mol. The molecule has 2 aliphatic rings. The minimum absolute atomic E-state index is 0.118. The Morgan fingerprint density at radius 3 is 2.23 bits per heavy atom. The molecule has 4 rings (SSSR count). The summed E-state index contributed by atoms with van der Waals surface area (Å²) >= 11 is 1.50. The number of aryl methyl sites for hydroxylation is 1. The van der Waals surface area contributed by atoms with Gasteiger partial charge in [-0.3, -0.25) is 4.79 Å². The van der Waals surface area contributed by atoms with Gasteiger partial charge in [0.05, 0.1) is 24.3 Å². The molecule has 2 aliphatic carbocycles. The van der Waals surface area contributed by atoms with E-state index in [9.17, 15) is 9.90 Å². The maximum Gasteiger partial charge on any atom is 0.187 e. The number of carbonyl (C=O) groups excluding carboxylic acids is 1. The number of aliphatic hydroxyl groups excluding tert-OH is 1. The number of rotatable bonds is 7.